The second kappa shape index (κ2) is 4.35. The molecular weight excluding hydrogens is 200 g/mol. The molecule has 1 aromatic heterocycles. The molecule has 2 rings (SSSR count). The van der Waals surface area contributed by atoms with Gasteiger partial charge in [-0.2, -0.15) is 0 Å². The average molecular weight is 213 g/mol. The lowest BCUT2D eigenvalue weighted by Crippen LogP contribution is -2.01. The molecule has 0 radical (unpaired) electrons. The van der Waals surface area contributed by atoms with E-state index >= 15 is 0 Å². The second-order valence-electron chi connectivity index (χ2n) is 3.08. The van der Waals surface area contributed by atoms with Crippen molar-refractivity contribution in [2.24, 2.45) is 5.73 Å². The zero-order chi connectivity index (χ0) is 9.26. The molecule has 1 heterocycles. The molecule has 0 atom stereocenters. The summed E-state index contributed by atoms with van der Waals surface area (Å²) in [5.74, 6) is 0.297. The number of aromatic amines is 1. The van der Waals surface area contributed by atoms with Crippen molar-refractivity contribution in [3.05, 3.63) is 30.0 Å². The predicted octanol–water partition coefficient (Wildman–Crippen LogP) is 1.80. The number of fused-ring (bicyclic) bond motifs is 1. The van der Waals surface area contributed by atoms with Crippen LogP contribution in [0.1, 0.15) is 5.56 Å². The molecule has 0 saturated carbocycles. The zero-order valence-electron chi connectivity index (χ0n) is 7.66. The molecule has 0 unspecified atom stereocenters. The van der Waals surface area contributed by atoms with E-state index in [0.717, 1.165) is 22.9 Å². The highest BCUT2D eigenvalue weighted by atomic mass is 35.5. The summed E-state index contributed by atoms with van der Waals surface area (Å²) in [4.78, 5) is 3.13. The van der Waals surface area contributed by atoms with Crippen LogP contribution in [0.5, 0.6) is 5.75 Å². The lowest BCUT2D eigenvalue weighted by Gasteiger charge is -1.96. The molecule has 2 aromatic rings. The highest BCUT2D eigenvalue weighted by molar-refractivity contribution is 5.85. The van der Waals surface area contributed by atoms with E-state index < -0.39 is 0 Å². The zero-order valence-corrected chi connectivity index (χ0v) is 8.47. The lowest BCUT2D eigenvalue weighted by atomic mass is 10.1. The SMILES string of the molecule is Cl.NCCc1c[nH]c2ccc(O)cc12. The first kappa shape index (κ1) is 10.9. The Labute approximate surface area is 88.3 Å². The van der Waals surface area contributed by atoms with Crippen LogP contribution in [-0.2, 0) is 6.42 Å². The van der Waals surface area contributed by atoms with Crippen LogP contribution in [-0.4, -0.2) is 16.6 Å². The van der Waals surface area contributed by atoms with E-state index in [2.05, 4.69) is 4.98 Å². The van der Waals surface area contributed by atoms with Crippen LogP contribution in [0.4, 0.5) is 0 Å². The topological polar surface area (TPSA) is 62.0 Å². The molecule has 0 spiro atoms. The Morgan fingerprint density at radius 1 is 1.36 bits per heavy atom. The van der Waals surface area contributed by atoms with Gasteiger partial charge in [0.1, 0.15) is 5.75 Å². The van der Waals surface area contributed by atoms with Gasteiger partial charge >= 0.3 is 0 Å². The smallest absolute Gasteiger partial charge is 0.116 e. The first-order valence-corrected chi connectivity index (χ1v) is 4.30. The van der Waals surface area contributed by atoms with Gasteiger partial charge in [-0.3, -0.25) is 0 Å². The van der Waals surface area contributed by atoms with Gasteiger partial charge in [0.25, 0.3) is 0 Å². The van der Waals surface area contributed by atoms with Crippen LogP contribution in [0.15, 0.2) is 24.4 Å². The van der Waals surface area contributed by atoms with E-state index in [9.17, 15) is 5.11 Å². The van der Waals surface area contributed by atoms with Gasteiger partial charge in [0, 0.05) is 17.1 Å². The number of hydrogen-bond acceptors (Lipinski definition) is 2. The third kappa shape index (κ3) is 1.84. The summed E-state index contributed by atoms with van der Waals surface area (Å²) in [5, 5.41) is 10.4. The van der Waals surface area contributed by atoms with E-state index in [1.165, 1.54) is 0 Å². The highest BCUT2D eigenvalue weighted by Gasteiger charge is 2.02. The summed E-state index contributed by atoms with van der Waals surface area (Å²) >= 11 is 0. The number of aromatic hydroxyl groups is 1. The average Bonchev–Trinajstić information content (AvgIpc) is 2.49. The van der Waals surface area contributed by atoms with Gasteiger partial charge in [0.15, 0.2) is 0 Å². The number of benzene rings is 1. The molecule has 76 valence electrons. The van der Waals surface area contributed by atoms with Gasteiger partial charge in [0.2, 0.25) is 0 Å². The van der Waals surface area contributed by atoms with Crippen LogP contribution < -0.4 is 5.73 Å². The molecule has 3 nitrogen and oxygen atoms in total. The van der Waals surface area contributed by atoms with Crippen molar-refractivity contribution in [1.29, 1.82) is 0 Å². The van der Waals surface area contributed by atoms with Crippen LogP contribution in [0.3, 0.4) is 0 Å². The van der Waals surface area contributed by atoms with Crippen molar-refractivity contribution in [3.8, 4) is 5.75 Å². The first-order chi connectivity index (χ1) is 6.31. The maximum atomic E-state index is 9.30. The Balaban J connectivity index is 0.000000980. The Morgan fingerprint density at radius 2 is 2.14 bits per heavy atom. The Bertz CT molecular complexity index is 425. The molecule has 0 amide bonds. The molecule has 0 aliphatic heterocycles. The number of aromatic nitrogens is 1. The molecule has 4 heteroatoms. The summed E-state index contributed by atoms with van der Waals surface area (Å²) in [6.07, 6.45) is 2.78. The molecule has 0 saturated heterocycles. The van der Waals surface area contributed by atoms with Gasteiger partial charge < -0.3 is 15.8 Å². The third-order valence-electron chi connectivity index (χ3n) is 2.16. The third-order valence-corrected chi connectivity index (χ3v) is 2.16. The summed E-state index contributed by atoms with van der Waals surface area (Å²) in [6.45, 7) is 0.628. The molecule has 0 aliphatic rings. The molecule has 4 N–H and O–H groups in total. The molecule has 14 heavy (non-hydrogen) atoms. The molecular formula is C10H13ClN2O. The fourth-order valence-corrected chi connectivity index (χ4v) is 1.53. The number of rotatable bonds is 2. The number of phenols is 1. The maximum absolute atomic E-state index is 9.30. The number of nitrogens with two attached hydrogens (primary N) is 1. The number of hydrogen-bond donors (Lipinski definition) is 3. The van der Waals surface area contributed by atoms with E-state index in [1.54, 1.807) is 12.1 Å². The molecule has 1 aromatic carbocycles. The summed E-state index contributed by atoms with van der Waals surface area (Å²) < 4.78 is 0. The minimum atomic E-state index is 0. The van der Waals surface area contributed by atoms with E-state index in [-0.39, 0.29) is 12.4 Å². The lowest BCUT2D eigenvalue weighted by molar-refractivity contribution is 0.476. The minimum Gasteiger partial charge on any atom is -0.508 e. The number of phenolic OH excluding ortho intramolecular Hbond substituents is 1. The summed E-state index contributed by atoms with van der Waals surface area (Å²) in [5.41, 5.74) is 7.68. The van der Waals surface area contributed by atoms with Gasteiger partial charge in [-0.05, 0) is 36.7 Å². The highest BCUT2D eigenvalue weighted by Crippen LogP contribution is 2.22. The van der Waals surface area contributed by atoms with E-state index in [1.807, 2.05) is 12.3 Å². The van der Waals surface area contributed by atoms with Crippen LogP contribution >= 0.6 is 12.4 Å². The largest absolute Gasteiger partial charge is 0.508 e. The van der Waals surface area contributed by atoms with Crippen LogP contribution in [0.2, 0.25) is 0 Å². The van der Waals surface area contributed by atoms with Gasteiger partial charge in [-0.1, -0.05) is 0 Å². The Kier molecular flexibility index (Phi) is 3.38. The van der Waals surface area contributed by atoms with Gasteiger partial charge in [-0.25, -0.2) is 0 Å². The quantitative estimate of drug-likeness (QED) is 0.711. The summed E-state index contributed by atoms with van der Waals surface area (Å²) in [7, 11) is 0. The number of halogens is 1. The van der Waals surface area contributed by atoms with Gasteiger partial charge in [-0.15, -0.1) is 12.4 Å². The Morgan fingerprint density at radius 3 is 2.86 bits per heavy atom. The summed E-state index contributed by atoms with van der Waals surface area (Å²) in [6, 6.07) is 5.30. The second-order valence-corrected chi connectivity index (χ2v) is 3.08. The fourth-order valence-electron chi connectivity index (χ4n) is 1.53. The van der Waals surface area contributed by atoms with E-state index in [0.29, 0.717) is 12.3 Å². The first-order valence-electron chi connectivity index (χ1n) is 4.30. The Hall–Kier alpha value is -1.19. The van der Waals surface area contributed by atoms with Crippen molar-refractivity contribution in [2.75, 3.05) is 6.54 Å². The minimum absolute atomic E-state index is 0. The van der Waals surface area contributed by atoms with Crippen molar-refractivity contribution in [3.63, 3.8) is 0 Å². The molecule has 0 fully saturated rings. The predicted molar refractivity (Wildman–Crippen MR) is 60.0 cm³/mol. The molecule has 0 aliphatic carbocycles. The normalized spacial score (nSPS) is 10.1. The van der Waals surface area contributed by atoms with Crippen molar-refractivity contribution in [1.82, 2.24) is 4.98 Å². The number of nitrogens with one attached hydrogen (secondary N) is 1. The molecule has 0 bridgehead atoms. The monoisotopic (exact) mass is 212 g/mol. The van der Waals surface area contributed by atoms with Crippen LogP contribution in [0, 0.1) is 0 Å². The van der Waals surface area contributed by atoms with E-state index in [4.69, 9.17) is 5.73 Å². The standard InChI is InChI=1S/C10H12N2O.ClH/c11-4-3-7-6-12-10-2-1-8(13)5-9(7)10;/h1-2,5-6,12-13H,3-4,11H2;1H. The van der Waals surface area contributed by atoms with Crippen molar-refractivity contribution < 1.29 is 5.11 Å². The van der Waals surface area contributed by atoms with Crippen molar-refractivity contribution >= 4 is 23.3 Å². The maximum Gasteiger partial charge on any atom is 0.116 e. The van der Waals surface area contributed by atoms with Crippen LogP contribution in [0.25, 0.3) is 10.9 Å². The number of H-pyrrole nitrogens is 1. The van der Waals surface area contributed by atoms with Crippen molar-refractivity contribution in [2.45, 2.75) is 6.42 Å². The fraction of sp³-hybridized carbons (Fsp3) is 0.200. The van der Waals surface area contributed by atoms with Gasteiger partial charge in [0.05, 0.1) is 0 Å².